The van der Waals surface area contributed by atoms with Crippen LogP contribution in [0.4, 0.5) is 34.1 Å². The van der Waals surface area contributed by atoms with Gasteiger partial charge in [-0.1, -0.05) is 310 Å². The molecule has 20 rings (SSSR count). The Morgan fingerprint density at radius 1 is 0.250 bits per heavy atom. The zero-order valence-corrected chi connectivity index (χ0v) is 69.0. The molecule has 0 N–H and O–H groups in total. The Hall–Kier alpha value is -12.6. The van der Waals surface area contributed by atoms with Gasteiger partial charge in [0, 0.05) is 83.1 Å². The maximum Gasteiger partial charge on any atom is 0.252 e. The lowest BCUT2D eigenvalue weighted by atomic mass is 9.33. The predicted molar refractivity (Wildman–Crippen MR) is 499 cm³/mol. The first-order valence-electron chi connectivity index (χ1n) is 43.6. The van der Waals surface area contributed by atoms with E-state index in [2.05, 4.69) is 412 Å². The molecule has 0 bridgehead atoms. The van der Waals surface area contributed by atoms with Gasteiger partial charge in [-0.3, -0.25) is 0 Å². The van der Waals surface area contributed by atoms with Crippen LogP contribution in [0.1, 0.15) is 139 Å². The molecule has 5 nitrogen and oxygen atoms in total. The SMILES string of the molecule is [2H]c1c([2H])c([2H])c(-c2ccc3c(c2)N(c2c(-c4ccccc4)ccc4c2c2ccccc2n4-c2ccccc2)c2cc(-n4c5ccc(C(C)(C)C)cc5c5cc(C(C)(C)C)ccc54)cc4c2B3c2ccc(-n3c5ccc(C(C)(C)C)cc5c5cc(C(C)(C)C)ccc53)cc2N4c2c(-c3ccccc3)cc(C(C)(C)C)cc2-c2ccccc2)c([2H])c1[2H]. The van der Waals surface area contributed by atoms with Crippen LogP contribution in [0.5, 0.6) is 0 Å². The van der Waals surface area contributed by atoms with E-state index in [1.54, 1.807) is 0 Å². The molecule has 18 aromatic rings. The van der Waals surface area contributed by atoms with Gasteiger partial charge in [0.1, 0.15) is 0 Å². The van der Waals surface area contributed by atoms with Crippen LogP contribution in [0.2, 0.25) is 0 Å². The fourth-order valence-electron chi connectivity index (χ4n) is 18.7. The van der Waals surface area contributed by atoms with Crippen molar-refractivity contribution < 1.29 is 6.85 Å². The lowest BCUT2D eigenvalue weighted by molar-refractivity contribution is 0.590. The standard InChI is InChI=1S/C110H98BN5/c1-106(2,3)74-46-54-93-86(60-74)87-61-75(107(4,5)6)47-55-94(87)113(93)80-50-53-91-99(66-80)115(104-84(71-37-25-18-26-38-71)64-78(110(13,14)15)65-85(104)72-39-27-19-28-40-72)100-67-81(114-95-56-48-76(108(7,8)9)62-88(95)89-63-77(109(10,11)12)49-57-96(89)114)68-101-103(100)111(91)90-52-45-73(69-33-21-16-22-34-69)59-98(90)116(101)105-82(70-35-23-17-24-36-70)51-58-97-102(105)83-43-31-32-44-92(83)112(97)79-41-29-20-30-42-79/h16-68H,1-15H3/i16D,21D,22D,33D,34D. The van der Waals surface area contributed by atoms with E-state index in [9.17, 15) is 5.48 Å². The first-order chi connectivity index (χ1) is 57.8. The van der Waals surface area contributed by atoms with Crippen LogP contribution >= 0.6 is 0 Å². The number of fused-ring (bicyclic) bond motifs is 13. The van der Waals surface area contributed by atoms with Crippen molar-refractivity contribution in [1.82, 2.24) is 13.7 Å². The lowest BCUT2D eigenvalue weighted by Gasteiger charge is -2.46. The highest BCUT2D eigenvalue weighted by atomic mass is 15.2. The molecule has 15 aromatic carbocycles. The molecule has 0 unspecified atom stereocenters. The second-order valence-corrected chi connectivity index (χ2v) is 37.4. The number of para-hydroxylation sites is 2. The van der Waals surface area contributed by atoms with Crippen molar-refractivity contribution in [2.75, 3.05) is 9.80 Å². The Morgan fingerprint density at radius 3 is 1.10 bits per heavy atom. The van der Waals surface area contributed by atoms with Gasteiger partial charge in [0.25, 0.3) is 6.71 Å². The van der Waals surface area contributed by atoms with Crippen molar-refractivity contribution in [3.63, 3.8) is 0 Å². The molecule has 2 aliphatic rings. The number of hydrogen-bond donors (Lipinski definition) is 0. The first kappa shape index (κ1) is 66.8. The van der Waals surface area contributed by atoms with E-state index in [0.717, 1.165) is 156 Å². The molecular formula is C110H98BN5. The molecule has 116 heavy (non-hydrogen) atoms. The zero-order chi connectivity index (χ0) is 84.2. The minimum Gasteiger partial charge on any atom is -0.310 e. The summed E-state index contributed by atoms with van der Waals surface area (Å²) >= 11 is 0. The molecule has 0 aliphatic carbocycles. The van der Waals surface area contributed by atoms with E-state index in [1.165, 1.54) is 38.6 Å². The molecule has 6 heteroatoms. The summed E-state index contributed by atoms with van der Waals surface area (Å²) in [6, 6.07) is 107. The van der Waals surface area contributed by atoms with Crippen molar-refractivity contribution in [3.8, 4) is 61.6 Å². The molecule has 0 radical (unpaired) electrons. The monoisotopic (exact) mass is 1500 g/mol. The molecule has 0 spiro atoms. The fraction of sp³-hybridized carbons (Fsp3) is 0.182. The molecule has 0 amide bonds. The fourth-order valence-corrected chi connectivity index (χ4v) is 18.7. The highest BCUT2D eigenvalue weighted by Crippen LogP contribution is 2.56. The van der Waals surface area contributed by atoms with Gasteiger partial charge in [0.2, 0.25) is 0 Å². The number of rotatable bonds is 9. The summed E-state index contributed by atoms with van der Waals surface area (Å²) in [6.45, 7) is 34.2. The topological polar surface area (TPSA) is 21.3 Å². The molecule has 5 heterocycles. The van der Waals surface area contributed by atoms with E-state index < -0.39 is 24.8 Å². The van der Waals surface area contributed by atoms with Crippen LogP contribution in [-0.4, -0.2) is 20.4 Å². The average Bonchev–Trinajstić information content (AvgIpc) is 1.61. The molecule has 3 aromatic heterocycles. The van der Waals surface area contributed by atoms with Crippen LogP contribution in [0.15, 0.2) is 321 Å². The second kappa shape index (κ2) is 26.5. The van der Waals surface area contributed by atoms with E-state index in [-0.39, 0.29) is 44.7 Å². The molecule has 2 aliphatic heterocycles. The smallest absolute Gasteiger partial charge is 0.252 e. The van der Waals surface area contributed by atoms with Gasteiger partial charge in [-0.15, -0.1) is 0 Å². The third-order valence-corrected chi connectivity index (χ3v) is 24.8. The maximum atomic E-state index is 9.88. The van der Waals surface area contributed by atoms with Gasteiger partial charge < -0.3 is 23.5 Å². The number of hydrogen-bond acceptors (Lipinski definition) is 2. The third kappa shape index (κ3) is 11.7. The summed E-state index contributed by atoms with van der Waals surface area (Å²) in [4.78, 5) is 5.21. The Bertz CT molecular complexity index is 7110. The van der Waals surface area contributed by atoms with Crippen LogP contribution < -0.4 is 26.2 Å². The van der Waals surface area contributed by atoms with E-state index in [1.807, 2.05) is 6.07 Å². The average molecular weight is 1510 g/mol. The molecule has 0 saturated heterocycles. The minimum absolute atomic E-state index is 0.126. The Balaban J connectivity index is 1.03. The second-order valence-electron chi connectivity index (χ2n) is 37.4. The van der Waals surface area contributed by atoms with Gasteiger partial charge in [0.15, 0.2) is 0 Å². The summed E-state index contributed by atoms with van der Waals surface area (Å²) in [5.41, 5.74) is 30.3. The number of anilines is 6. The van der Waals surface area contributed by atoms with Crippen LogP contribution in [0, 0.1) is 0 Å². The normalized spacial score (nSPS) is 13.9. The summed E-state index contributed by atoms with van der Waals surface area (Å²) < 4.78 is 54.9. The first-order valence-corrected chi connectivity index (χ1v) is 41.1. The summed E-state index contributed by atoms with van der Waals surface area (Å²) in [7, 11) is 0. The molecule has 0 saturated carbocycles. The quantitative estimate of drug-likeness (QED) is 0.134. The Kier molecular flexibility index (Phi) is 15.2. The van der Waals surface area contributed by atoms with Crippen molar-refractivity contribution >= 4 is 123 Å². The van der Waals surface area contributed by atoms with Crippen molar-refractivity contribution in [2.24, 2.45) is 0 Å². The van der Waals surface area contributed by atoms with Gasteiger partial charge in [-0.25, -0.2) is 0 Å². The van der Waals surface area contributed by atoms with Crippen LogP contribution in [-0.2, 0) is 27.1 Å². The summed E-state index contributed by atoms with van der Waals surface area (Å²) in [5, 5.41) is 6.77. The van der Waals surface area contributed by atoms with E-state index in [0.29, 0.717) is 5.56 Å². The summed E-state index contributed by atoms with van der Waals surface area (Å²) in [5.74, 6) is 0. The van der Waals surface area contributed by atoms with Gasteiger partial charge >= 0.3 is 0 Å². The zero-order valence-electron chi connectivity index (χ0n) is 74.0. The summed E-state index contributed by atoms with van der Waals surface area (Å²) in [6.07, 6.45) is 0. The molecule has 0 atom stereocenters. The largest absolute Gasteiger partial charge is 0.310 e. The van der Waals surface area contributed by atoms with Gasteiger partial charge in [0.05, 0.1) is 57.0 Å². The third-order valence-electron chi connectivity index (χ3n) is 24.8. The van der Waals surface area contributed by atoms with Gasteiger partial charge in [-0.05, 0) is 214 Å². The minimum atomic E-state index is -0.511. The highest BCUT2D eigenvalue weighted by molar-refractivity contribution is 7.00. The number of aromatic nitrogens is 3. The molecule has 566 valence electrons. The number of benzene rings is 15. The number of nitrogens with zero attached hydrogens (tertiary/aromatic N) is 5. The van der Waals surface area contributed by atoms with Crippen molar-refractivity contribution in [3.05, 3.63) is 349 Å². The van der Waals surface area contributed by atoms with Gasteiger partial charge in [-0.2, -0.15) is 0 Å². The van der Waals surface area contributed by atoms with E-state index in [4.69, 9.17) is 1.37 Å². The van der Waals surface area contributed by atoms with Crippen molar-refractivity contribution in [1.29, 1.82) is 0 Å². The van der Waals surface area contributed by atoms with Crippen molar-refractivity contribution in [2.45, 2.75) is 131 Å². The van der Waals surface area contributed by atoms with Crippen LogP contribution in [0.25, 0.3) is 127 Å². The predicted octanol–water partition coefficient (Wildman–Crippen LogP) is 28.2. The lowest BCUT2D eigenvalue weighted by Crippen LogP contribution is -2.61. The Morgan fingerprint density at radius 2 is 0.629 bits per heavy atom. The Labute approximate surface area is 690 Å². The van der Waals surface area contributed by atoms with Crippen LogP contribution in [0.3, 0.4) is 0 Å². The maximum absolute atomic E-state index is 9.88. The molecule has 0 fully saturated rings. The van der Waals surface area contributed by atoms with E-state index >= 15 is 0 Å². The highest BCUT2D eigenvalue weighted by Gasteiger charge is 2.47. The molecular weight excluding hydrogens is 1400 g/mol.